The Balaban J connectivity index is 0.000000182. The molecule has 0 N–H and O–H groups in total. The van der Waals surface area contributed by atoms with Gasteiger partial charge in [0.15, 0.2) is 45.1 Å². The summed E-state index contributed by atoms with van der Waals surface area (Å²) in [5.41, 5.74) is 12.2. The molecule has 20 nitrogen and oxygen atoms in total. The van der Waals surface area contributed by atoms with Crippen LogP contribution in [0.1, 0.15) is 66.8 Å². The van der Waals surface area contributed by atoms with Crippen LogP contribution >= 0.6 is 34.8 Å². The molecule has 0 aliphatic carbocycles. The molecule has 6 heterocycles. The molecule has 0 fully saturated rings. The van der Waals surface area contributed by atoms with Gasteiger partial charge in [-0.3, -0.25) is 24.9 Å². The lowest BCUT2D eigenvalue weighted by Crippen LogP contribution is -2.16. The van der Waals surface area contributed by atoms with Gasteiger partial charge >= 0.3 is 0 Å². The third-order valence-electron chi connectivity index (χ3n) is 14.0. The summed E-state index contributed by atoms with van der Waals surface area (Å²) in [5.74, 6) is 6.02. The fraction of sp³-hybridized carbons (Fsp3) is 0.208. The number of terminal acetylenes is 1. The van der Waals surface area contributed by atoms with Crippen LogP contribution in [0, 0.1) is 23.8 Å². The second kappa shape index (κ2) is 34.7. The van der Waals surface area contributed by atoms with Crippen molar-refractivity contribution in [2.45, 2.75) is 116 Å². The van der Waals surface area contributed by atoms with Gasteiger partial charge in [0.2, 0.25) is 0 Å². The van der Waals surface area contributed by atoms with E-state index < -0.39 is 68.4 Å². The van der Waals surface area contributed by atoms with Crippen LogP contribution in [0.2, 0.25) is 35.1 Å². The van der Waals surface area contributed by atoms with E-state index in [-0.39, 0.29) is 0 Å². The molecule has 28 heteroatoms. The average molecular weight is 1500 g/mol. The minimum absolute atomic E-state index is 0.295. The normalized spacial score (nSPS) is 11.5. The number of aromatic nitrogens is 11. The summed E-state index contributed by atoms with van der Waals surface area (Å²) < 4.78 is 102. The Hall–Kier alpha value is -9.28. The number of sulfone groups is 4. The van der Waals surface area contributed by atoms with Crippen molar-refractivity contribution in [1.82, 2.24) is 55.0 Å². The minimum Gasteiger partial charge on any atom is -0.354 e. The first-order chi connectivity index (χ1) is 47.2. The van der Waals surface area contributed by atoms with E-state index in [4.69, 9.17) is 45.7 Å². The second-order valence-corrected chi connectivity index (χ2v) is 39.7. The molecule has 0 radical (unpaired) electrons. The van der Waals surface area contributed by atoms with Crippen molar-refractivity contribution in [2.75, 3.05) is 0 Å². The molecule has 0 aliphatic heterocycles. The SMILES string of the molecule is C#Cc1cncc(-c2ccc(S(=O)(=O)C(C)C)cc2)n1.CC(C)S(=O)(=O)c1ccc(-c2cncc(-c3cc(-c4ccccc4)no3)n2)cc1.CC(C)S(=O)(=O)c1ccc(-c2cncc(C#C[Si](C)(C)C)n2)cc1.CC(C)S(=O)(=O)c1ccc(-c2cncc(Cl)n2)cc1.Clc1cncc(Cl)n1. The summed E-state index contributed by atoms with van der Waals surface area (Å²) in [6.45, 7) is 19.8. The van der Waals surface area contributed by atoms with Crippen molar-refractivity contribution < 1.29 is 38.2 Å². The largest absolute Gasteiger partial charge is 0.354 e. The molecule has 0 atom stereocenters. The van der Waals surface area contributed by atoms with Gasteiger partial charge in [-0.25, -0.2) is 58.6 Å². The maximum absolute atomic E-state index is 12.3. The summed E-state index contributed by atoms with van der Waals surface area (Å²) in [6.07, 6.45) is 20.8. The zero-order valence-electron chi connectivity index (χ0n) is 56.2. The highest BCUT2D eigenvalue weighted by atomic mass is 35.5. The van der Waals surface area contributed by atoms with Crippen molar-refractivity contribution in [1.29, 1.82) is 0 Å². The maximum atomic E-state index is 12.3. The second-order valence-electron chi connectivity index (χ2n) is 23.8. The highest BCUT2D eigenvalue weighted by Gasteiger charge is 2.23. The molecular weight excluding hydrogens is 1430 g/mol. The molecule has 0 unspecified atom stereocenters. The van der Waals surface area contributed by atoms with Gasteiger partial charge in [-0.1, -0.05) is 144 Å². The molecule has 0 saturated carbocycles. The topological polar surface area (TPSA) is 291 Å². The van der Waals surface area contributed by atoms with Crippen LogP contribution in [0.15, 0.2) is 220 Å². The van der Waals surface area contributed by atoms with Crippen LogP contribution in [-0.4, -0.2) is 118 Å². The third kappa shape index (κ3) is 21.6. The fourth-order valence-electron chi connectivity index (χ4n) is 8.31. The van der Waals surface area contributed by atoms with Gasteiger partial charge in [0.25, 0.3) is 0 Å². The number of nitrogens with zero attached hydrogens (tertiary/aromatic N) is 11. The Morgan fingerprint density at radius 1 is 0.370 bits per heavy atom. The molecule has 0 bridgehead atoms. The van der Waals surface area contributed by atoms with Gasteiger partial charge in [0.05, 0.1) is 125 Å². The summed E-state index contributed by atoms with van der Waals surface area (Å²) >= 11 is 16.5. The van der Waals surface area contributed by atoms with E-state index in [1.54, 1.807) is 190 Å². The summed E-state index contributed by atoms with van der Waals surface area (Å²) in [5, 5.41) is 3.25. The van der Waals surface area contributed by atoms with Gasteiger partial charge in [0, 0.05) is 33.9 Å². The highest BCUT2D eigenvalue weighted by Crippen LogP contribution is 2.29. The van der Waals surface area contributed by atoms with E-state index in [1.807, 2.05) is 36.4 Å². The summed E-state index contributed by atoms with van der Waals surface area (Å²) in [4.78, 5) is 42.4. The number of hydrogen-bond acceptors (Lipinski definition) is 20. The predicted octanol–water partition coefficient (Wildman–Crippen LogP) is 15.3. The van der Waals surface area contributed by atoms with E-state index in [0.29, 0.717) is 80.7 Å². The van der Waals surface area contributed by atoms with Crippen LogP contribution in [-0.2, 0) is 39.3 Å². The van der Waals surface area contributed by atoms with Crippen molar-refractivity contribution >= 4 is 82.2 Å². The average Bonchev–Trinajstić information content (AvgIpc) is 1.15. The summed E-state index contributed by atoms with van der Waals surface area (Å²) in [7, 11) is -14.5. The molecule has 0 saturated heterocycles. The Labute approximate surface area is 600 Å². The standard InChI is InChI=1S/C22H19N3O3S.C18H22N2O2SSi.C15H14N2O2S.C13H13ClN2O2S.C4H2Cl2N2/c1-15(2)29(26,27)18-10-8-17(9-11-18)20-13-23-14-21(24-20)22-12-19(25-28-22)16-6-4-3-5-7-16;1-14(2)23(21,22)17-8-6-15(7-9-17)18-13-19-12-16(20-18)10-11-24(3,4)5;1-4-13-9-16-10-15(17-13)12-5-7-14(8-6-12)20(18,19)11(2)3;1-9(2)19(17,18)11-5-3-10(4-6-11)12-7-15-8-13(14)16-12;5-3-1-7-2-4(6)8-3/h3-15H,1-2H3;6-9,12-14H,1-5H3;1,5-11H,2-3H3;3-9H,1-2H3;1-2H. The van der Waals surface area contributed by atoms with Gasteiger partial charge < -0.3 is 4.52 Å². The van der Waals surface area contributed by atoms with Crippen LogP contribution in [0.5, 0.6) is 0 Å². The Morgan fingerprint density at radius 3 is 1.03 bits per heavy atom. The van der Waals surface area contributed by atoms with Gasteiger partial charge in [-0.05, 0) is 110 Å². The number of rotatable bonds is 14. The number of benzene rings is 5. The molecule has 0 amide bonds. The van der Waals surface area contributed by atoms with Crippen molar-refractivity contribution in [2.24, 2.45) is 0 Å². The molecule has 6 aromatic heterocycles. The molecule has 0 spiro atoms. The molecular formula is C72H70Cl3N11O9S4Si. The van der Waals surface area contributed by atoms with E-state index in [0.717, 1.165) is 33.5 Å². The van der Waals surface area contributed by atoms with Crippen LogP contribution in [0.3, 0.4) is 0 Å². The van der Waals surface area contributed by atoms with E-state index >= 15 is 0 Å². The van der Waals surface area contributed by atoms with Gasteiger partial charge in [-0.2, -0.15) is 0 Å². The lowest BCUT2D eigenvalue weighted by Gasteiger charge is -2.08. The molecule has 11 aromatic rings. The highest BCUT2D eigenvalue weighted by molar-refractivity contribution is 7.92. The predicted molar refractivity (Wildman–Crippen MR) is 395 cm³/mol. The van der Waals surface area contributed by atoms with Crippen molar-refractivity contribution in [3.63, 3.8) is 0 Å². The van der Waals surface area contributed by atoms with Crippen molar-refractivity contribution in [3.05, 3.63) is 222 Å². The molecule has 516 valence electrons. The summed E-state index contributed by atoms with van der Waals surface area (Å²) in [6, 6.07) is 38.1. The quantitative estimate of drug-likeness (QED) is 0.0721. The molecule has 5 aromatic carbocycles. The Bertz CT molecular complexity index is 5180. The van der Waals surface area contributed by atoms with Crippen LogP contribution in [0.25, 0.3) is 67.7 Å². The first-order valence-electron chi connectivity index (χ1n) is 30.7. The first-order valence-corrected chi connectivity index (χ1v) is 41.5. The lowest BCUT2D eigenvalue weighted by molar-refractivity contribution is 0.433. The first kappa shape index (κ1) is 78.1. The smallest absolute Gasteiger partial charge is 0.187 e. The third-order valence-corrected chi connectivity index (χ3v) is 24.1. The van der Waals surface area contributed by atoms with Crippen LogP contribution in [0.4, 0.5) is 0 Å². The lowest BCUT2D eigenvalue weighted by atomic mass is 10.1. The van der Waals surface area contributed by atoms with Gasteiger partial charge in [-0.15, -0.1) is 12.0 Å². The maximum Gasteiger partial charge on any atom is 0.187 e. The Morgan fingerprint density at radius 2 is 0.680 bits per heavy atom. The number of halogens is 3. The Kier molecular flexibility index (Phi) is 27.1. The van der Waals surface area contributed by atoms with E-state index in [9.17, 15) is 33.7 Å². The van der Waals surface area contributed by atoms with Crippen LogP contribution < -0.4 is 0 Å². The zero-order chi connectivity index (χ0) is 73.2. The molecule has 0 aliphatic rings. The van der Waals surface area contributed by atoms with Gasteiger partial charge in [0.1, 0.15) is 46.3 Å². The zero-order valence-corrected chi connectivity index (χ0v) is 62.8. The molecule has 100 heavy (non-hydrogen) atoms. The fourth-order valence-corrected chi connectivity index (χ4v) is 13.5. The molecule has 11 rings (SSSR count). The van der Waals surface area contributed by atoms with Crippen molar-refractivity contribution in [3.8, 4) is 91.5 Å². The monoisotopic (exact) mass is 1490 g/mol. The van der Waals surface area contributed by atoms with E-state index in [2.05, 4.69) is 92.0 Å². The number of hydrogen-bond donors (Lipinski definition) is 0. The minimum atomic E-state index is -3.31. The van der Waals surface area contributed by atoms with E-state index in [1.165, 1.54) is 24.8 Å².